The molecule has 1 saturated heterocycles. The van der Waals surface area contributed by atoms with Crippen LogP contribution in [0.1, 0.15) is 31.4 Å². The van der Waals surface area contributed by atoms with Crippen LogP contribution in [0.2, 0.25) is 0 Å². The molecule has 20 heavy (non-hydrogen) atoms. The lowest BCUT2D eigenvalue weighted by Crippen LogP contribution is -2.36. The number of benzene rings is 1. The molecule has 1 aliphatic rings. The van der Waals surface area contributed by atoms with Crippen molar-refractivity contribution in [3.8, 4) is 0 Å². The van der Waals surface area contributed by atoms with Crippen LogP contribution in [-0.2, 0) is 13.0 Å². The first kappa shape index (κ1) is 15.9. The van der Waals surface area contributed by atoms with E-state index in [-0.39, 0.29) is 0 Å². The Morgan fingerprint density at radius 3 is 2.65 bits per heavy atom. The van der Waals surface area contributed by atoms with Gasteiger partial charge < -0.3 is 5.32 Å². The molecular formula is C17H28N2S. The monoisotopic (exact) mass is 292 g/mol. The first-order valence-corrected chi connectivity index (χ1v) is 8.99. The zero-order chi connectivity index (χ0) is 14.2. The highest BCUT2D eigenvalue weighted by molar-refractivity contribution is 8.00. The smallest absolute Gasteiger partial charge is 0.0234 e. The number of nitrogens with zero attached hydrogens (tertiary/aromatic N) is 1. The van der Waals surface area contributed by atoms with Crippen molar-refractivity contribution in [2.75, 3.05) is 31.9 Å². The van der Waals surface area contributed by atoms with E-state index in [0.29, 0.717) is 0 Å². The van der Waals surface area contributed by atoms with Crippen molar-refractivity contribution >= 4 is 11.8 Å². The summed E-state index contributed by atoms with van der Waals surface area (Å²) in [6.45, 7) is 10.2. The Bertz CT molecular complexity index is 377. The third-order valence-corrected chi connectivity index (χ3v) is 5.32. The lowest BCUT2D eigenvalue weighted by Gasteiger charge is -2.31. The quantitative estimate of drug-likeness (QED) is 0.777. The molecule has 0 saturated carbocycles. The lowest BCUT2D eigenvalue weighted by molar-refractivity contribution is 0.273. The van der Waals surface area contributed by atoms with E-state index in [1.54, 1.807) is 0 Å². The fraction of sp³-hybridized carbons (Fsp3) is 0.647. The van der Waals surface area contributed by atoms with Crippen LogP contribution >= 0.6 is 11.8 Å². The van der Waals surface area contributed by atoms with Gasteiger partial charge in [0.2, 0.25) is 0 Å². The van der Waals surface area contributed by atoms with Gasteiger partial charge in [0.25, 0.3) is 0 Å². The molecule has 0 bridgehead atoms. The number of likely N-dealkylation sites (N-methyl/N-ethyl adjacent to an activating group) is 1. The Morgan fingerprint density at radius 1 is 1.20 bits per heavy atom. The second-order valence-electron chi connectivity index (χ2n) is 5.56. The zero-order valence-electron chi connectivity index (χ0n) is 12.9. The third kappa shape index (κ3) is 5.12. The van der Waals surface area contributed by atoms with Crippen molar-refractivity contribution in [1.29, 1.82) is 0 Å². The molecule has 1 aliphatic heterocycles. The molecule has 1 aromatic rings. The molecule has 2 nitrogen and oxygen atoms in total. The Balaban J connectivity index is 1.80. The highest BCUT2D eigenvalue weighted by atomic mass is 32.2. The van der Waals surface area contributed by atoms with Crippen molar-refractivity contribution in [3.05, 3.63) is 35.4 Å². The van der Waals surface area contributed by atoms with Gasteiger partial charge in [-0.1, -0.05) is 38.1 Å². The maximum absolute atomic E-state index is 3.38. The molecule has 3 heteroatoms. The van der Waals surface area contributed by atoms with Crippen LogP contribution in [0.15, 0.2) is 24.3 Å². The highest BCUT2D eigenvalue weighted by Crippen LogP contribution is 2.22. The van der Waals surface area contributed by atoms with Gasteiger partial charge in [-0.3, -0.25) is 4.90 Å². The number of hydrogen-bond acceptors (Lipinski definition) is 3. The zero-order valence-corrected chi connectivity index (χ0v) is 13.7. The minimum atomic E-state index is 0.836. The fourth-order valence-corrected chi connectivity index (χ4v) is 3.90. The fourth-order valence-electron chi connectivity index (χ4n) is 2.65. The van der Waals surface area contributed by atoms with Crippen molar-refractivity contribution in [3.63, 3.8) is 0 Å². The molecule has 1 aromatic carbocycles. The molecule has 0 spiro atoms. The predicted molar refractivity (Wildman–Crippen MR) is 90.5 cm³/mol. The second kappa shape index (κ2) is 8.71. The second-order valence-corrected chi connectivity index (χ2v) is 6.96. The lowest BCUT2D eigenvalue weighted by atomic mass is 10.1. The summed E-state index contributed by atoms with van der Waals surface area (Å²) < 4.78 is 0. The molecule has 0 radical (unpaired) electrons. The van der Waals surface area contributed by atoms with Gasteiger partial charge in [0, 0.05) is 30.6 Å². The van der Waals surface area contributed by atoms with Gasteiger partial charge >= 0.3 is 0 Å². The van der Waals surface area contributed by atoms with Gasteiger partial charge in [-0.25, -0.2) is 0 Å². The molecule has 1 fully saturated rings. The van der Waals surface area contributed by atoms with E-state index >= 15 is 0 Å². The highest BCUT2D eigenvalue weighted by Gasteiger charge is 2.18. The maximum atomic E-state index is 3.38. The Kier molecular flexibility index (Phi) is 6.91. The first-order chi connectivity index (χ1) is 9.81. The molecule has 112 valence electrons. The van der Waals surface area contributed by atoms with Crippen LogP contribution in [0.4, 0.5) is 0 Å². The number of thioether (sulfide) groups is 1. The molecular weight excluding hydrogens is 264 g/mol. The Hall–Kier alpha value is -0.510. The largest absolute Gasteiger partial charge is 0.317 e. The number of nitrogens with one attached hydrogen (secondary N) is 1. The SMILES string of the molecule is CCNCCc1ccc(CN2CCSC(CC)C2)cc1. The van der Waals surface area contributed by atoms with Gasteiger partial charge in [-0.15, -0.1) is 0 Å². The molecule has 0 amide bonds. The van der Waals surface area contributed by atoms with E-state index in [1.807, 2.05) is 0 Å². The summed E-state index contributed by atoms with van der Waals surface area (Å²) in [5.74, 6) is 1.29. The Labute approximate surface area is 128 Å². The average Bonchev–Trinajstić information content (AvgIpc) is 2.49. The first-order valence-electron chi connectivity index (χ1n) is 7.94. The summed E-state index contributed by atoms with van der Waals surface area (Å²) in [6.07, 6.45) is 2.43. The van der Waals surface area contributed by atoms with E-state index in [2.05, 4.69) is 60.1 Å². The minimum Gasteiger partial charge on any atom is -0.317 e. The van der Waals surface area contributed by atoms with Gasteiger partial charge in [-0.05, 0) is 37.1 Å². The summed E-state index contributed by atoms with van der Waals surface area (Å²) in [6, 6.07) is 9.21. The van der Waals surface area contributed by atoms with E-state index in [0.717, 1.165) is 31.3 Å². The van der Waals surface area contributed by atoms with Crippen LogP contribution < -0.4 is 5.32 Å². The van der Waals surface area contributed by atoms with E-state index in [1.165, 1.54) is 36.4 Å². The van der Waals surface area contributed by atoms with Crippen molar-refractivity contribution in [2.45, 2.75) is 38.5 Å². The molecule has 1 unspecified atom stereocenters. The summed E-state index contributed by atoms with van der Waals surface area (Å²) >= 11 is 2.14. The molecule has 0 aliphatic carbocycles. The van der Waals surface area contributed by atoms with Gasteiger partial charge in [0.05, 0.1) is 0 Å². The maximum Gasteiger partial charge on any atom is 0.0234 e. The van der Waals surface area contributed by atoms with Crippen LogP contribution in [0.3, 0.4) is 0 Å². The standard InChI is InChI=1S/C17H28N2S/c1-3-17-14-19(11-12-20-17)13-16-7-5-15(6-8-16)9-10-18-4-2/h5-8,17-18H,3-4,9-14H2,1-2H3. The normalized spacial score (nSPS) is 20.2. The predicted octanol–water partition coefficient (Wildman–Crippen LogP) is 3.17. The van der Waals surface area contributed by atoms with Gasteiger partial charge in [-0.2, -0.15) is 11.8 Å². The van der Waals surface area contributed by atoms with Crippen molar-refractivity contribution in [1.82, 2.24) is 10.2 Å². The van der Waals surface area contributed by atoms with Crippen LogP contribution in [0, 0.1) is 0 Å². The molecule has 1 atom stereocenters. The topological polar surface area (TPSA) is 15.3 Å². The van der Waals surface area contributed by atoms with Crippen LogP contribution in [-0.4, -0.2) is 42.1 Å². The van der Waals surface area contributed by atoms with Crippen LogP contribution in [0.5, 0.6) is 0 Å². The third-order valence-electron chi connectivity index (χ3n) is 3.95. The van der Waals surface area contributed by atoms with Gasteiger partial charge in [0.1, 0.15) is 0 Å². The summed E-state index contributed by atoms with van der Waals surface area (Å²) in [4.78, 5) is 2.61. The molecule has 2 rings (SSSR count). The Morgan fingerprint density at radius 2 is 1.95 bits per heavy atom. The number of hydrogen-bond donors (Lipinski definition) is 1. The molecule has 1 heterocycles. The van der Waals surface area contributed by atoms with E-state index in [9.17, 15) is 0 Å². The van der Waals surface area contributed by atoms with Crippen molar-refractivity contribution in [2.24, 2.45) is 0 Å². The van der Waals surface area contributed by atoms with E-state index in [4.69, 9.17) is 0 Å². The minimum absolute atomic E-state index is 0.836. The molecule has 0 aromatic heterocycles. The van der Waals surface area contributed by atoms with Crippen LogP contribution in [0.25, 0.3) is 0 Å². The summed E-state index contributed by atoms with van der Waals surface area (Å²) in [7, 11) is 0. The van der Waals surface area contributed by atoms with E-state index < -0.39 is 0 Å². The van der Waals surface area contributed by atoms with Crippen molar-refractivity contribution < 1.29 is 0 Å². The average molecular weight is 292 g/mol. The summed E-state index contributed by atoms with van der Waals surface area (Å²) in [5, 5.41) is 4.21. The van der Waals surface area contributed by atoms with Gasteiger partial charge in [0.15, 0.2) is 0 Å². The molecule has 1 N–H and O–H groups in total. The summed E-state index contributed by atoms with van der Waals surface area (Å²) in [5.41, 5.74) is 2.90. The number of rotatable bonds is 7.